The first kappa shape index (κ1) is 12.2. The smallest absolute Gasteiger partial charge is 0.177 e. The molecule has 0 saturated heterocycles. The minimum absolute atomic E-state index is 0.130. The maximum Gasteiger partial charge on any atom is 0.177 e. The van der Waals surface area contributed by atoms with E-state index in [9.17, 15) is 0 Å². The molecule has 17 heavy (non-hydrogen) atoms. The van der Waals surface area contributed by atoms with Crippen molar-refractivity contribution in [3.8, 4) is 0 Å². The summed E-state index contributed by atoms with van der Waals surface area (Å²) in [7, 11) is 5.89. The normalized spacial score (nSPS) is 13.3. The van der Waals surface area contributed by atoms with Gasteiger partial charge in [0.1, 0.15) is 11.3 Å². The summed E-state index contributed by atoms with van der Waals surface area (Å²) >= 11 is 6.19. The molecule has 6 heteroatoms. The second-order valence-electron chi connectivity index (χ2n) is 4.34. The van der Waals surface area contributed by atoms with Crippen LogP contribution in [0, 0.1) is 0 Å². The van der Waals surface area contributed by atoms with E-state index in [1.807, 2.05) is 42.4 Å². The Morgan fingerprint density at radius 1 is 1.41 bits per heavy atom. The highest BCUT2D eigenvalue weighted by Gasteiger charge is 2.21. The summed E-state index contributed by atoms with van der Waals surface area (Å²) in [6.45, 7) is 4.02. The van der Waals surface area contributed by atoms with Crippen LogP contribution in [0.4, 0.5) is 0 Å². The molecule has 1 unspecified atom stereocenters. The predicted molar refractivity (Wildman–Crippen MR) is 70.2 cm³/mol. The average Bonchev–Trinajstić information content (AvgIpc) is 2.76. The second kappa shape index (κ2) is 4.22. The zero-order valence-corrected chi connectivity index (χ0v) is 11.7. The molecular formula is C11H18ClN5. The van der Waals surface area contributed by atoms with Crippen LogP contribution in [0.1, 0.15) is 30.7 Å². The van der Waals surface area contributed by atoms with Crippen LogP contribution in [-0.4, -0.2) is 33.5 Å². The van der Waals surface area contributed by atoms with Crippen molar-refractivity contribution in [2.75, 3.05) is 19.1 Å². The fourth-order valence-corrected chi connectivity index (χ4v) is 2.21. The zero-order valence-electron chi connectivity index (χ0n) is 10.9. The van der Waals surface area contributed by atoms with E-state index in [1.54, 1.807) is 0 Å². The van der Waals surface area contributed by atoms with Crippen molar-refractivity contribution in [1.82, 2.24) is 19.4 Å². The quantitative estimate of drug-likeness (QED) is 0.786. The summed E-state index contributed by atoms with van der Waals surface area (Å²) in [5.74, 6) is 0.856. The third-order valence-electron chi connectivity index (χ3n) is 2.80. The third kappa shape index (κ3) is 1.78. The van der Waals surface area contributed by atoms with Crippen LogP contribution in [0.2, 0.25) is 0 Å². The molecule has 0 aliphatic rings. The second-order valence-corrected chi connectivity index (χ2v) is 5.00. The lowest BCUT2D eigenvalue weighted by Crippen LogP contribution is -2.28. The number of aryl methyl sites for hydroxylation is 2. The highest BCUT2D eigenvalue weighted by Crippen LogP contribution is 2.26. The van der Waals surface area contributed by atoms with Crippen molar-refractivity contribution >= 4 is 22.8 Å². The van der Waals surface area contributed by atoms with Crippen molar-refractivity contribution < 1.29 is 0 Å². The van der Waals surface area contributed by atoms with Crippen LogP contribution in [-0.2, 0) is 13.5 Å². The molecule has 2 aromatic rings. The van der Waals surface area contributed by atoms with Gasteiger partial charge < -0.3 is 5.01 Å². The molecule has 5 nitrogen and oxygen atoms in total. The van der Waals surface area contributed by atoms with Crippen LogP contribution < -0.4 is 5.01 Å². The van der Waals surface area contributed by atoms with E-state index >= 15 is 0 Å². The molecule has 2 rings (SSSR count). The predicted octanol–water partition coefficient (Wildman–Crippen LogP) is 1.83. The Balaban J connectivity index is 2.80. The number of alkyl halides is 1. The number of halogens is 1. The van der Waals surface area contributed by atoms with Crippen LogP contribution in [0.5, 0.6) is 0 Å². The van der Waals surface area contributed by atoms with Gasteiger partial charge in [-0.15, -0.1) is 11.6 Å². The maximum atomic E-state index is 6.19. The van der Waals surface area contributed by atoms with Crippen molar-refractivity contribution in [2.24, 2.45) is 7.05 Å². The average molecular weight is 256 g/mol. The summed E-state index contributed by atoms with van der Waals surface area (Å²) in [6.07, 6.45) is 0.873. The lowest BCUT2D eigenvalue weighted by atomic mass is 10.3. The lowest BCUT2D eigenvalue weighted by molar-refractivity contribution is 0.653. The third-order valence-corrected chi connectivity index (χ3v) is 2.99. The molecule has 0 aliphatic heterocycles. The SMILES string of the molecule is CCc1nn(C)c2c1nc(C(C)Cl)n2N(C)C. The van der Waals surface area contributed by atoms with E-state index in [0.29, 0.717) is 0 Å². The monoisotopic (exact) mass is 255 g/mol. The molecule has 0 aliphatic carbocycles. The molecule has 1 atom stereocenters. The first-order valence-corrected chi connectivity index (χ1v) is 6.16. The van der Waals surface area contributed by atoms with Gasteiger partial charge in [0, 0.05) is 21.1 Å². The van der Waals surface area contributed by atoms with Gasteiger partial charge in [-0.25, -0.2) is 14.3 Å². The van der Waals surface area contributed by atoms with E-state index in [2.05, 4.69) is 17.0 Å². The molecule has 0 radical (unpaired) electrons. The summed E-state index contributed by atoms with van der Waals surface area (Å²) in [4.78, 5) is 4.63. The number of hydrogen-bond acceptors (Lipinski definition) is 3. The molecule has 0 bridgehead atoms. The first-order chi connectivity index (χ1) is 7.97. The summed E-state index contributed by atoms with van der Waals surface area (Å²) in [5, 5.41) is 6.32. The number of aromatic nitrogens is 4. The summed E-state index contributed by atoms with van der Waals surface area (Å²) < 4.78 is 3.88. The van der Waals surface area contributed by atoms with Crippen LogP contribution in [0.3, 0.4) is 0 Å². The van der Waals surface area contributed by atoms with Gasteiger partial charge in [0.25, 0.3) is 0 Å². The Hall–Kier alpha value is -1.23. The van der Waals surface area contributed by atoms with E-state index < -0.39 is 0 Å². The summed E-state index contributed by atoms with van der Waals surface area (Å²) in [5.41, 5.74) is 2.96. The topological polar surface area (TPSA) is 38.9 Å². The number of nitrogens with zero attached hydrogens (tertiary/aromatic N) is 5. The van der Waals surface area contributed by atoms with Gasteiger partial charge in [0.2, 0.25) is 0 Å². The van der Waals surface area contributed by atoms with Gasteiger partial charge in [0.05, 0.1) is 11.1 Å². The van der Waals surface area contributed by atoms with Gasteiger partial charge in [-0.2, -0.15) is 5.10 Å². The Kier molecular flexibility index (Phi) is 3.03. The number of fused-ring (bicyclic) bond motifs is 1. The van der Waals surface area contributed by atoms with Crippen molar-refractivity contribution in [3.63, 3.8) is 0 Å². The maximum absolute atomic E-state index is 6.19. The molecule has 0 amide bonds. The van der Waals surface area contributed by atoms with Gasteiger partial charge in [-0.3, -0.25) is 0 Å². The standard InChI is InChI=1S/C11H18ClN5/c1-6-8-9-11(16(5)14-8)17(15(3)4)10(13-9)7(2)12/h7H,6H2,1-5H3. The fraction of sp³-hybridized carbons (Fsp3) is 0.636. The molecule has 0 aromatic carbocycles. The Morgan fingerprint density at radius 2 is 2.06 bits per heavy atom. The van der Waals surface area contributed by atoms with Gasteiger partial charge in [0.15, 0.2) is 5.65 Å². The van der Waals surface area contributed by atoms with Gasteiger partial charge in [-0.05, 0) is 13.3 Å². The number of rotatable bonds is 3. The van der Waals surface area contributed by atoms with Crippen molar-refractivity contribution in [3.05, 3.63) is 11.5 Å². The van der Waals surface area contributed by atoms with Crippen molar-refractivity contribution in [2.45, 2.75) is 25.6 Å². The van der Waals surface area contributed by atoms with E-state index in [1.165, 1.54) is 0 Å². The minimum Gasteiger partial charge on any atom is -0.316 e. The highest BCUT2D eigenvalue weighted by atomic mass is 35.5. The number of hydrogen-bond donors (Lipinski definition) is 0. The molecule has 0 fully saturated rings. The Bertz CT molecular complexity index is 538. The van der Waals surface area contributed by atoms with E-state index in [-0.39, 0.29) is 5.38 Å². The summed E-state index contributed by atoms with van der Waals surface area (Å²) in [6, 6.07) is 0. The number of imidazole rings is 1. The molecule has 0 saturated carbocycles. The van der Waals surface area contributed by atoms with E-state index in [0.717, 1.165) is 29.1 Å². The van der Waals surface area contributed by atoms with Gasteiger partial charge >= 0.3 is 0 Å². The van der Waals surface area contributed by atoms with Crippen molar-refractivity contribution in [1.29, 1.82) is 0 Å². The largest absolute Gasteiger partial charge is 0.316 e. The Morgan fingerprint density at radius 3 is 2.53 bits per heavy atom. The molecule has 2 heterocycles. The fourth-order valence-electron chi connectivity index (χ4n) is 2.07. The lowest BCUT2D eigenvalue weighted by Gasteiger charge is -2.18. The molecular weight excluding hydrogens is 238 g/mol. The highest BCUT2D eigenvalue weighted by molar-refractivity contribution is 6.20. The van der Waals surface area contributed by atoms with Crippen LogP contribution >= 0.6 is 11.6 Å². The van der Waals surface area contributed by atoms with Crippen LogP contribution in [0.15, 0.2) is 0 Å². The molecule has 0 N–H and O–H groups in total. The first-order valence-electron chi connectivity index (χ1n) is 5.73. The van der Waals surface area contributed by atoms with Crippen LogP contribution in [0.25, 0.3) is 11.2 Å². The van der Waals surface area contributed by atoms with E-state index in [4.69, 9.17) is 11.6 Å². The zero-order chi connectivity index (χ0) is 12.7. The van der Waals surface area contributed by atoms with Gasteiger partial charge in [-0.1, -0.05) is 6.92 Å². The molecule has 2 aromatic heterocycles. The molecule has 94 valence electrons. The Labute approximate surface area is 106 Å². The minimum atomic E-state index is -0.130. The molecule has 0 spiro atoms.